The van der Waals surface area contributed by atoms with Crippen molar-refractivity contribution in [2.24, 2.45) is 5.84 Å². The van der Waals surface area contributed by atoms with Crippen LogP contribution < -0.4 is 16.0 Å². The van der Waals surface area contributed by atoms with Crippen LogP contribution in [0, 0.1) is 5.82 Å². The number of hydrogen-bond acceptors (Lipinski definition) is 3. The minimum Gasteiger partial charge on any atom is -0.494 e. The molecular weight excluding hydrogens is 335 g/mol. The van der Waals surface area contributed by atoms with E-state index in [0.717, 1.165) is 10.0 Å². The number of ether oxygens (including phenoxy) is 1. The Kier molecular flexibility index (Phi) is 5.73. The summed E-state index contributed by atoms with van der Waals surface area (Å²) in [4.78, 5) is 0. The number of hydrazine groups is 1. The van der Waals surface area contributed by atoms with Crippen LogP contribution in [-0.2, 0) is 12.8 Å². The first-order chi connectivity index (χ1) is 10.1. The molecule has 0 saturated heterocycles. The summed E-state index contributed by atoms with van der Waals surface area (Å²) < 4.78 is 20.2. The van der Waals surface area contributed by atoms with Gasteiger partial charge >= 0.3 is 0 Å². The SMILES string of the molecule is COc1cccc(CC(Cc2cccc(Br)c2)NN)c1F. The summed E-state index contributed by atoms with van der Waals surface area (Å²) in [5.41, 5.74) is 4.49. The second-order valence-corrected chi connectivity index (χ2v) is 5.75. The Morgan fingerprint density at radius 3 is 2.67 bits per heavy atom. The zero-order valence-electron chi connectivity index (χ0n) is 11.8. The number of hydrogen-bond donors (Lipinski definition) is 2. The number of nitrogens with one attached hydrogen (secondary N) is 1. The van der Waals surface area contributed by atoms with E-state index in [0.29, 0.717) is 18.4 Å². The van der Waals surface area contributed by atoms with E-state index in [1.807, 2.05) is 24.3 Å². The van der Waals surface area contributed by atoms with Gasteiger partial charge in [-0.3, -0.25) is 11.3 Å². The highest BCUT2D eigenvalue weighted by Crippen LogP contribution is 2.22. The highest BCUT2D eigenvalue weighted by Gasteiger charge is 2.14. The molecule has 0 heterocycles. The molecule has 0 aliphatic carbocycles. The van der Waals surface area contributed by atoms with Crippen LogP contribution in [0.15, 0.2) is 46.9 Å². The predicted octanol–water partition coefficient (Wildman–Crippen LogP) is 3.21. The predicted molar refractivity (Wildman–Crippen MR) is 85.6 cm³/mol. The third-order valence-corrected chi connectivity index (χ3v) is 3.83. The summed E-state index contributed by atoms with van der Waals surface area (Å²) in [6.45, 7) is 0. The normalized spacial score (nSPS) is 12.2. The summed E-state index contributed by atoms with van der Waals surface area (Å²) in [5, 5.41) is 0. The largest absolute Gasteiger partial charge is 0.494 e. The molecule has 0 fully saturated rings. The number of halogens is 2. The lowest BCUT2D eigenvalue weighted by atomic mass is 9.99. The fourth-order valence-corrected chi connectivity index (χ4v) is 2.72. The zero-order chi connectivity index (χ0) is 15.2. The van der Waals surface area contributed by atoms with Crippen LogP contribution in [0.5, 0.6) is 5.75 Å². The number of rotatable bonds is 6. The van der Waals surface area contributed by atoms with Crippen molar-refractivity contribution in [3.05, 3.63) is 63.9 Å². The van der Waals surface area contributed by atoms with Gasteiger partial charge in [0.1, 0.15) is 0 Å². The molecule has 3 nitrogen and oxygen atoms in total. The molecule has 0 aromatic heterocycles. The lowest BCUT2D eigenvalue weighted by Gasteiger charge is -2.17. The van der Waals surface area contributed by atoms with Crippen molar-refractivity contribution < 1.29 is 9.13 Å². The molecule has 2 aromatic rings. The first-order valence-electron chi connectivity index (χ1n) is 6.66. The first-order valence-corrected chi connectivity index (χ1v) is 7.45. The third kappa shape index (κ3) is 4.27. The van der Waals surface area contributed by atoms with E-state index in [4.69, 9.17) is 10.6 Å². The van der Waals surface area contributed by atoms with Gasteiger partial charge in [-0.1, -0.05) is 40.2 Å². The van der Waals surface area contributed by atoms with Crippen molar-refractivity contribution in [1.82, 2.24) is 5.43 Å². The number of nitrogens with two attached hydrogens (primary N) is 1. The van der Waals surface area contributed by atoms with E-state index in [1.54, 1.807) is 18.2 Å². The van der Waals surface area contributed by atoms with Gasteiger partial charge in [0.25, 0.3) is 0 Å². The van der Waals surface area contributed by atoms with Crippen LogP contribution in [0.2, 0.25) is 0 Å². The van der Waals surface area contributed by atoms with Gasteiger partial charge in [-0.2, -0.15) is 0 Å². The molecule has 0 radical (unpaired) electrons. The fourth-order valence-electron chi connectivity index (χ4n) is 2.28. The molecule has 1 unspecified atom stereocenters. The van der Waals surface area contributed by atoms with E-state index >= 15 is 0 Å². The van der Waals surface area contributed by atoms with Crippen molar-refractivity contribution in [3.8, 4) is 5.75 Å². The minimum atomic E-state index is -0.325. The summed E-state index contributed by atoms with van der Waals surface area (Å²) in [6, 6.07) is 13.1. The molecule has 2 aromatic carbocycles. The summed E-state index contributed by atoms with van der Waals surface area (Å²) in [7, 11) is 1.46. The van der Waals surface area contributed by atoms with Crippen molar-refractivity contribution in [2.75, 3.05) is 7.11 Å². The molecule has 2 rings (SSSR count). The zero-order valence-corrected chi connectivity index (χ0v) is 13.4. The highest BCUT2D eigenvalue weighted by atomic mass is 79.9. The van der Waals surface area contributed by atoms with Crippen molar-refractivity contribution in [3.63, 3.8) is 0 Å². The van der Waals surface area contributed by atoms with Gasteiger partial charge in [0, 0.05) is 10.5 Å². The van der Waals surface area contributed by atoms with E-state index in [1.165, 1.54) is 7.11 Å². The average molecular weight is 353 g/mol. The van der Waals surface area contributed by atoms with Gasteiger partial charge < -0.3 is 4.74 Å². The Balaban J connectivity index is 2.12. The summed E-state index contributed by atoms with van der Waals surface area (Å²) in [5.74, 6) is 5.54. The maximum atomic E-state index is 14.2. The van der Waals surface area contributed by atoms with Crippen LogP contribution in [0.3, 0.4) is 0 Å². The Labute approximate surface area is 132 Å². The molecule has 0 bridgehead atoms. The molecule has 1 atom stereocenters. The van der Waals surface area contributed by atoms with Crippen molar-refractivity contribution in [1.29, 1.82) is 0 Å². The van der Waals surface area contributed by atoms with E-state index in [9.17, 15) is 4.39 Å². The highest BCUT2D eigenvalue weighted by molar-refractivity contribution is 9.10. The molecule has 0 spiro atoms. The molecule has 3 N–H and O–H groups in total. The average Bonchev–Trinajstić information content (AvgIpc) is 2.48. The van der Waals surface area contributed by atoms with Gasteiger partial charge in [-0.05, 0) is 42.2 Å². The molecule has 0 aliphatic rings. The van der Waals surface area contributed by atoms with Gasteiger partial charge in [-0.15, -0.1) is 0 Å². The Hall–Kier alpha value is -1.43. The van der Waals surface area contributed by atoms with E-state index in [-0.39, 0.29) is 17.6 Å². The maximum Gasteiger partial charge on any atom is 0.168 e. The van der Waals surface area contributed by atoms with E-state index in [2.05, 4.69) is 21.4 Å². The number of methoxy groups -OCH3 is 1. The van der Waals surface area contributed by atoms with Crippen molar-refractivity contribution in [2.45, 2.75) is 18.9 Å². The van der Waals surface area contributed by atoms with Crippen LogP contribution in [0.1, 0.15) is 11.1 Å². The van der Waals surface area contributed by atoms with Crippen LogP contribution in [0.25, 0.3) is 0 Å². The number of benzene rings is 2. The molecule has 5 heteroatoms. The van der Waals surface area contributed by atoms with Gasteiger partial charge in [0.15, 0.2) is 11.6 Å². The third-order valence-electron chi connectivity index (χ3n) is 3.34. The molecule has 112 valence electrons. The van der Waals surface area contributed by atoms with Crippen LogP contribution >= 0.6 is 15.9 Å². The standard InChI is InChI=1S/C16H18BrFN2O/c1-21-15-7-3-5-12(16(15)18)10-14(20-19)9-11-4-2-6-13(17)8-11/h2-8,14,20H,9-10,19H2,1H3. The quantitative estimate of drug-likeness (QED) is 0.619. The Morgan fingerprint density at radius 2 is 2.00 bits per heavy atom. The minimum absolute atomic E-state index is 0.0547. The Bertz CT molecular complexity index is 607. The maximum absolute atomic E-state index is 14.2. The molecule has 0 saturated carbocycles. The summed E-state index contributed by atoms with van der Waals surface area (Å²) in [6.07, 6.45) is 1.21. The second-order valence-electron chi connectivity index (χ2n) is 4.84. The van der Waals surface area contributed by atoms with Crippen molar-refractivity contribution >= 4 is 15.9 Å². The summed E-state index contributed by atoms with van der Waals surface area (Å²) >= 11 is 3.44. The lowest BCUT2D eigenvalue weighted by Crippen LogP contribution is -2.38. The van der Waals surface area contributed by atoms with Crippen LogP contribution in [0.4, 0.5) is 4.39 Å². The molecule has 21 heavy (non-hydrogen) atoms. The van der Waals surface area contributed by atoms with Gasteiger partial charge in [0.05, 0.1) is 7.11 Å². The topological polar surface area (TPSA) is 47.3 Å². The van der Waals surface area contributed by atoms with E-state index < -0.39 is 0 Å². The van der Waals surface area contributed by atoms with Gasteiger partial charge in [-0.25, -0.2) is 4.39 Å². The fraction of sp³-hybridized carbons (Fsp3) is 0.250. The van der Waals surface area contributed by atoms with Gasteiger partial charge in [0.2, 0.25) is 0 Å². The lowest BCUT2D eigenvalue weighted by molar-refractivity contribution is 0.382. The molecule has 0 amide bonds. The second kappa shape index (κ2) is 7.54. The first kappa shape index (κ1) is 15.9. The Morgan fingerprint density at radius 1 is 1.24 bits per heavy atom. The van der Waals surface area contributed by atoms with Crippen LogP contribution in [-0.4, -0.2) is 13.2 Å². The smallest absolute Gasteiger partial charge is 0.168 e. The molecule has 0 aliphatic heterocycles. The molecular formula is C16H18BrFN2O. The monoisotopic (exact) mass is 352 g/mol.